The molecule has 1 aromatic carbocycles. The van der Waals surface area contributed by atoms with E-state index in [2.05, 4.69) is 10.3 Å². The molecule has 0 saturated heterocycles. The fourth-order valence-electron chi connectivity index (χ4n) is 2.20. The lowest BCUT2D eigenvalue weighted by Gasteiger charge is -2.03. The average Bonchev–Trinajstić information content (AvgIpc) is 3.01. The van der Waals surface area contributed by atoms with Gasteiger partial charge in [-0.1, -0.05) is 34.5 Å². The Kier molecular flexibility index (Phi) is 4.14. The first-order chi connectivity index (χ1) is 10.9. The van der Waals surface area contributed by atoms with Crippen molar-refractivity contribution in [3.05, 3.63) is 45.0 Å². The SMILES string of the molecule is CC1=C(Cl)C(Cl)=C(C(=O)Nc2nc3ccc(C(=O)O)cc3s2)C1. The van der Waals surface area contributed by atoms with Crippen LogP contribution in [0.15, 0.2) is 39.4 Å². The number of carbonyl (C=O) groups is 2. The molecule has 1 heterocycles. The highest BCUT2D eigenvalue weighted by Crippen LogP contribution is 2.37. The molecule has 0 radical (unpaired) electrons. The van der Waals surface area contributed by atoms with Crippen LogP contribution in [0.4, 0.5) is 5.13 Å². The highest BCUT2D eigenvalue weighted by atomic mass is 35.5. The van der Waals surface area contributed by atoms with Gasteiger partial charge in [-0.15, -0.1) is 0 Å². The summed E-state index contributed by atoms with van der Waals surface area (Å²) in [7, 11) is 0. The molecule has 1 amide bonds. The highest BCUT2D eigenvalue weighted by Gasteiger charge is 2.25. The lowest BCUT2D eigenvalue weighted by molar-refractivity contribution is -0.112. The smallest absolute Gasteiger partial charge is 0.335 e. The van der Waals surface area contributed by atoms with Crippen LogP contribution < -0.4 is 5.32 Å². The van der Waals surface area contributed by atoms with Gasteiger partial charge < -0.3 is 5.11 Å². The number of fused-ring (bicyclic) bond motifs is 1. The van der Waals surface area contributed by atoms with Crippen LogP contribution in [0.2, 0.25) is 0 Å². The van der Waals surface area contributed by atoms with Crippen LogP contribution in [0.1, 0.15) is 23.7 Å². The van der Waals surface area contributed by atoms with Gasteiger partial charge in [-0.05, 0) is 30.7 Å². The topological polar surface area (TPSA) is 79.3 Å². The minimum atomic E-state index is -1.01. The van der Waals surface area contributed by atoms with Crippen molar-refractivity contribution >= 4 is 61.8 Å². The first kappa shape index (κ1) is 16.0. The Morgan fingerprint density at radius 3 is 2.65 bits per heavy atom. The van der Waals surface area contributed by atoms with Gasteiger partial charge in [0.1, 0.15) is 0 Å². The molecule has 0 aliphatic heterocycles. The Hall–Kier alpha value is -1.89. The maximum Gasteiger partial charge on any atom is 0.335 e. The number of hydrogen-bond donors (Lipinski definition) is 2. The van der Waals surface area contributed by atoms with E-state index in [4.69, 9.17) is 28.3 Å². The molecule has 0 fully saturated rings. The van der Waals surface area contributed by atoms with E-state index in [0.717, 1.165) is 5.57 Å². The molecule has 1 aliphatic carbocycles. The predicted molar refractivity (Wildman–Crippen MR) is 91.3 cm³/mol. The van der Waals surface area contributed by atoms with Crippen molar-refractivity contribution < 1.29 is 14.7 Å². The van der Waals surface area contributed by atoms with Crippen LogP contribution in [0.5, 0.6) is 0 Å². The van der Waals surface area contributed by atoms with Gasteiger partial charge in [0.25, 0.3) is 5.91 Å². The monoisotopic (exact) mass is 368 g/mol. The minimum absolute atomic E-state index is 0.173. The Morgan fingerprint density at radius 1 is 1.30 bits per heavy atom. The Morgan fingerprint density at radius 2 is 2.04 bits per heavy atom. The molecule has 5 nitrogen and oxygen atoms in total. The van der Waals surface area contributed by atoms with Crippen molar-refractivity contribution in [3.8, 4) is 0 Å². The number of hydrogen-bond acceptors (Lipinski definition) is 4. The van der Waals surface area contributed by atoms with Crippen molar-refractivity contribution in [3.63, 3.8) is 0 Å². The van der Waals surface area contributed by atoms with Crippen molar-refractivity contribution in [1.82, 2.24) is 4.98 Å². The highest BCUT2D eigenvalue weighted by molar-refractivity contribution is 7.22. The number of anilines is 1. The maximum absolute atomic E-state index is 12.3. The number of allylic oxidation sites excluding steroid dienone is 3. The summed E-state index contributed by atoms with van der Waals surface area (Å²) in [6.07, 6.45) is 0.400. The third-order valence-corrected chi connectivity index (χ3v) is 5.36. The van der Waals surface area contributed by atoms with Crippen molar-refractivity contribution in [2.24, 2.45) is 0 Å². The van der Waals surface area contributed by atoms with Gasteiger partial charge in [-0.25, -0.2) is 9.78 Å². The molecule has 8 heteroatoms. The zero-order chi connectivity index (χ0) is 16.7. The number of rotatable bonds is 3. The fourth-order valence-corrected chi connectivity index (χ4v) is 3.60. The summed E-state index contributed by atoms with van der Waals surface area (Å²) in [4.78, 5) is 27.5. The number of amides is 1. The van der Waals surface area contributed by atoms with Crippen LogP contribution in [-0.4, -0.2) is 22.0 Å². The van der Waals surface area contributed by atoms with Crippen molar-refractivity contribution in [1.29, 1.82) is 0 Å². The zero-order valence-corrected chi connectivity index (χ0v) is 14.1. The zero-order valence-electron chi connectivity index (χ0n) is 11.8. The van der Waals surface area contributed by atoms with Crippen molar-refractivity contribution in [2.75, 3.05) is 5.32 Å². The summed E-state index contributed by atoms with van der Waals surface area (Å²) in [6.45, 7) is 1.82. The molecule has 0 spiro atoms. The number of nitrogens with zero attached hydrogens (tertiary/aromatic N) is 1. The molecule has 3 rings (SSSR count). The average molecular weight is 369 g/mol. The number of halogens is 2. The molecule has 23 heavy (non-hydrogen) atoms. The van der Waals surface area contributed by atoms with Gasteiger partial charge in [0.05, 0.1) is 25.8 Å². The molecule has 2 aromatic rings. The quantitative estimate of drug-likeness (QED) is 0.844. The first-order valence-electron chi connectivity index (χ1n) is 6.56. The van der Waals surface area contributed by atoms with E-state index in [1.165, 1.54) is 23.5 Å². The van der Waals surface area contributed by atoms with Gasteiger partial charge in [0, 0.05) is 12.0 Å². The van der Waals surface area contributed by atoms with Gasteiger partial charge in [-0.2, -0.15) is 0 Å². The number of thiazole rings is 1. The van der Waals surface area contributed by atoms with E-state index in [1.54, 1.807) is 6.07 Å². The number of carboxylic acid groups (broad SMARTS) is 1. The Labute approximate surface area is 145 Å². The molecule has 1 aliphatic rings. The molecular weight excluding hydrogens is 359 g/mol. The van der Waals surface area contributed by atoms with Crippen LogP contribution in [0, 0.1) is 0 Å². The number of carbonyl (C=O) groups excluding carboxylic acids is 1. The first-order valence-corrected chi connectivity index (χ1v) is 8.13. The second-order valence-electron chi connectivity index (χ2n) is 5.02. The number of aromatic nitrogens is 1. The summed E-state index contributed by atoms with van der Waals surface area (Å²) in [5, 5.41) is 12.7. The number of nitrogens with one attached hydrogen (secondary N) is 1. The second kappa shape index (κ2) is 5.96. The maximum atomic E-state index is 12.3. The van der Waals surface area contributed by atoms with Gasteiger partial charge >= 0.3 is 5.97 Å². The molecule has 0 atom stereocenters. The molecule has 118 valence electrons. The Balaban J connectivity index is 1.85. The normalized spacial score (nSPS) is 14.7. The van der Waals surface area contributed by atoms with Crippen LogP contribution >= 0.6 is 34.5 Å². The molecule has 1 aromatic heterocycles. The van der Waals surface area contributed by atoms with Crippen LogP contribution in [-0.2, 0) is 4.79 Å². The van der Waals surface area contributed by atoms with Crippen LogP contribution in [0.25, 0.3) is 10.2 Å². The second-order valence-corrected chi connectivity index (χ2v) is 6.81. The summed E-state index contributed by atoms with van der Waals surface area (Å²) < 4.78 is 0.680. The van der Waals surface area contributed by atoms with Gasteiger partial charge in [-0.3, -0.25) is 10.1 Å². The summed E-state index contributed by atoms with van der Waals surface area (Å²) in [5.74, 6) is -1.37. The van der Waals surface area contributed by atoms with Crippen molar-refractivity contribution in [2.45, 2.75) is 13.3 Å². The predicted octanol–water partition coefficient (Wildman–Crippen LogP) is 4.34. The summed E-state index contributed by atoms with van der Waals surface area (Å²) in [5.41, 5.74) is 2.04. The summed E-state index contributed by atoms with van der Waals surface area (Å²) in [6, 6.07) is 4.60. The van der Waals surface area contributed by atoms with E-state index in [-0.39, 0.29) is 16.5 Å². The number of benzene rings is 1. The lowest BCUT2D eigenvalue weighted by Crippen LogP contribution is -2.14. The third kappa shape index (κ3) is 2.97. The Bertz CT molecular complexity index is 915. The minimum Gasteiger partial charge on any atom is -0.478 e. The van der Waals surface area contributed by atoms with Gasteiger partial charge in [0.15, 0.2) is 5.13 Å². The summed E-state index contributed by atoms with van der Waals surface area (Å²) >= 11 is 13.3. The fraction of sp³-hybridized carbons (Fsp3) is 0.133. The third-order valence-electron chi connectivity index (χ3n) is 3.40. The molecule has 0 unspecified atom stereocenters. The molecule has 2 N–H and O–H groups in total. The number of carboxylic acids is 1. The van der Waals surface area contributed by atoms with E-state index in [0.29, 0.717) is 32.4 Å². The lowest BCUT2D eigenvalue weighted by atomic mass is 10.1. The largest absolute Gasteiger partial charge is 0.478 e. The van der Waals surface area contributed by atoms with Crippen LogP contribution in [0.3, 0.4) is 0 Å². The molecule has 0 bridgehead atoms. The number of aromatic carboxylic acids is 1. The standard InChI is InChI=1S/C15H10Cl2N2O3S/c1-6-4-8(12(17)11(6)16)13(20)19-15-18-9-3-2-7(14(21)22)5-10(9)23-15/h2-3,5H,4H2,1H3,(H,21,22)(H,18,19,20). The van der Waals surface area contributed by atoms with E-state index >= 15 is 0 Å². The van der Waals surface area contributed by atoms with E-state index in [9.17, 15) is 9.59 Å². The molecular formula is C15H10Cl2N2O3S. The van der Waals surface area contributed by atoms with Gasteiger partial charge in [0.2, 0.25) is 0 Å². The van der Waals surface area contributed by atoms with E-state index in [1.807, 2.05) is 6.92 Å². The van der Waals surface area contributed by atoms with E-state index < -0.39 is 5.97 Å². The molecule has 0 saturated carbocycles.